The first-order valence-corrected chi connectivity index (χ1v) is 9.39. The van der Waals surface area contributed by atoms with Gasteiger partial charge in [-0.25, -0.2) is 0 Å². The van der Waals surface area contributed by atoms with Crippen LogP contribution in [-0.4, -0.2) is 23.2 Å². The minimum absolute atomic E-state index is 0.195. The number of alkyl halides is 3. The Hall–Kier alpha value is -2.76. The number of rotatable bonds is 3. The van der Waals surface area contributed by atoms with E-state index in [0.29, 0.717) is 12.0 Å². The number of nitrogens with zero attached hydrogens (tertiary/aromatic N) is 2. The molecular weight excluding hydrogens is 365 g/mol. The van der Waals surface area contributed by atoms with Gasteiger partial charge in [-0.05, 0) is 61.1 Å². The minimum Gasteiger partial charge on any atom is -0.508 e. The lowest BCUT2D eigenvalue weighted by Crippen LogP contribution is -2.34. The maximum Gasteiger partial charge on any atom is 0.416 e. The summed E-state index contributed by atoms with van der Waals surface area (Å²) in [4.78, 5) is 6.57. The van der Waals surface area contributed by atoms with Crippen molar-refractivity contribution in [2.45, 2.75) is 25.4 Å². The number of piperidine rings is 1. The molecule has 0 atom stereocenters. The van der Waals surface area contributed by atoms with Crippen LogP contribution in [0.5, 0.6) is 5.75 Å². The zero-order valence-corrected chi connectivity index (χ0v) is 15.3. The molecule has 1 fully saturated rings. The molecule has 0 saturated carbocycles. The van der Waals surface area contributed by atoms with E-state index >= 15 is 0 Å². The van der Waals surface area contributed by atoms with E-state index in [9.17, 15) is 18.3 Å². The summed E-state index contributed by atoms with van der Waals surface area (Å²) in [6, 6.07) is 12.9. The maximum absolute atomic E-state index is 13.2. The molecule has 1 aliphatic rings. The molecule has 6 heteroatoms. The van der Waals surface area contributed by atoms with Gasteiger partial charge in [0.05, 0.1) is 11.1 Å². The van der Waals surface area contributed by atoms with Crippen molar-refractivity contribution in [2.75, 3.05) is 18.0 Å². The lowest BCUT2D eigenvalue weighted by atomic mass is 9.88. The second-order valence-corrected chi connectivity index (χ2v) is 7.32. The molecule has 0 amide bonds. The maximum atomic E-state index is 13.2. The highest BCUT2D eigenvalue weighted by Gasteiger charge is 2.33. The Morgan fingerprint density at radius 3 is 2.54 bits per heavy atom. The summed E-state index contributed by atoms with van der Waals surface area (Å²) in [5.74, 6) is 0.418. The third-order valence-corrected chi connectivity index (χ3v) is 5.49. The molecule has 2 aromatic carbocycles. The predicted molar refractivity (Wildman–Crippen MR) is 103 cm³/mol. The Labute approximate surface area is 161 Å². The molecule has 1 N–H and O–H groups in total. The van der Waals surface area contributed by atoms with Gasteiger partial charge in [-0.15, -0.1) is 0 Å². The molecule has 0 aliphatic carbocycles. The van der Waals surface area contributed by atoms with Gasteiger partial charge in [0.15, 0.2) is 0 Å². The summed E-state index contributed by atoms with van der Waals surface area (Å²) < 4.78 is 39.7. The van der Waals surface area contributed by atoms with Crippen LogP contribution in [-0.2, 0) is 12.6 Å². The smallest absolute Gasteiger partial charge is 0.416 e. The highest BCUT2D eigenvalue weighted by molar-refractivity contribution is 5.92. The number of hydrogen-bond donors (Lipinski definition) is 1. The van der Waals surface area contributed by atoms with Crippen LogP contribution < -0.4 is 4.90 Å². The van der Waals surface area contributed by atoms with Crippen LogP contribution >= 0.6 is 0 Å². The number of fused-ring (bicyclic) bond motifs is 1. The van der Waals surface area contributed by atoms with Crippen LogP contribution in [0.2, 0.25) is 0 Å². The van der Waals surface area contributed by atoms with Gasteiger partial charge in [0.1, 0.15) is 5.75 Å². The first-order valence-electron chi connectivity index (χ1n) is 9.39. The largest absolute Gasteiger partial charge is 0.508 e. The number of anilines is 1. The highest BCUT2D eigenvalue weighted by Crippen LogP contribution is 2.35. The van der Waals surface area contributed by atoms with Gasteiger partial charge in [0, 0.05) is 30.4 Å². The van der Waals surface area contributed by atoms with E-state index in [1.807, 2.05) is 6.07 Å². The SMILES string of the molecule is Oc1ccc2nccc(N3CCC(Cc4ccccc4C(F)(F)F)CC3)c2c1. The van der Waals surface area contributed by atoms with Gasteiger partial charge < -0.3 is 10.0 Å². The Kier molecular flexibility index (Phi) is 4.87. The van der Waals surface area contributed by atoms with Crippen LogP contribution in [0.1, 0.15) is 24.0 Å². The number of phenols is 1. The van der Waals surface area contributed by atoms with Gasteiger partial charge in [0.2, 0.25) is 0 Å². The van der Waals surface area contributed by atoms with Gasteiger partial charge in [-0.3, -0.25) is 4.98 Å². The molecule has 28 heavy (non-hydrogen) atoms. The molecule has 0 spiro atoms. The number of aromatic nitrogens is 1. The average Bonchev–Trinajstić information content (AvgIpc) is 2.68. The van der Waals surface area contributed by atoms with Crippen molar-refractivity contribution < 1.29 is 18.3 Å². The molecule has 146 valence electrons. The number of hydrogen-bond acceptors (Lipinski definition) is 3. The van der Waals surface area contributed by atoms with Gasteiger partial charge in [-0.1, -0.05) is 18.2 Å². The van der Waals surface area contributed by atoms with Gasteiger partial charge >= 0.3 is 6.18 Å². The molecule has 2 heterocycles. The second-order valence-electron chi connectivity index (χ2n) is 7.32. The zero-order chi connectivity index (χ0) is 19.7. The molecule has 4 rings (SSSR count). The number of phenolic OH excluding ortho intramolecular Hbond substituents is 1. The number of benzene rings is 2. The van der Waals surface area contributed by atoms with Crippen molar-refractivity contribution in [3.05, 3.63) is 65.9 Å². The third-order valence-electron chi connectivity index (χ3n) is 5.49. The monoisotopic (exact) mass is 386 g/mol. The molecule has 0 bridgehead atoms. The van der Waals surface area contributed by atoms with E-state index < -0.39 is 11.7 Å². The first-order chi connectivity index (χ1) is 13.4. The Balaban J connectivity index is 1.49. The van der Waals surface area contributed by atoms with Crippen LogP contribution in [0.4, 0.5) is 18.9 Å². The number of halogens is 3. The Morgan fingerprint density at radius 2 is 1.79 bits per heavy atom. The summed E-state index contributed by atoms with van der Waals surface area (Å²) in [5, 5.41) is 10.7. The second kappa shape index (κ2) is 7.34. The minimum atomic E-state index is -4.31. The number of aromatic hydroxyl groups is 1. The summed E-state index contributed by atoms with van der Waals surface area (Å²) in [6.45, 7) is 1.54. The van der Waals surface area contributed by atoms with E-state index in [1.165, 1.54) is 12.1 Å². The molecule has 1 aromatic heterocycles. The van der Waals surface area contributed by atoms with Crippen LogP contribution in [0.25, 0.3) is 10.9 Å². The molecule has 0 unspecified atom stereocenters. The van der Waals surface area contributed by atoms with E-state index in [-0.39, 0.29) is 11.7 Å². The zero-order valence-electron chi connectivity index (χ0n) is 15.3. The van der Waals surface area contributed by atoms with Crippen molar-refractivity contribution in [1.82, 2.24) is 4.98 Å². The summed E-state index contributed by atoms with van der Waals surface area (Å²) in [6.07, 6.45) is -0.458. The topological polar surface area (TPSA) is 36.4 Å². The summed E-state index contributed by atoms with van der Waals surface area (Å²) in [7, 11) is 0. The lowest BCUT2D eigenvalue weighted by molar-refractivity contribution is -0.138. The van der Waals surface area contributed by atoms with Crippen molar-refractivity contribution in [1.29, 1.82) is 0 Å². The van der Waals surface area contributed by atoms with Crippen molar-refractivity contribution in [2.24, 2.45) is 5.92 Å². The molecule has 1 saturated heterocycles. The van der Waals surface area contributed by atoms with Gasteiger partial charge in [-0.2, -0.15) is 13.2 Å². The normalized spacial score (nSPS) is 15.9. The number of pyridine rings is 1. The van der Waals surface area contributed by atoms with Crippen molar-refractivity contribution in [3.8, 4) is 5.75 Å². The van der Waals surface area contributed by atoms with Crippen LogP contribution in [0, 0.1) is 5.92 Å². The van der Waals surface area contributed by atoms with Gasteiger partial charge in [0.25, 0.3) is 0 Å². The molecule has 0 radical (unpaired) electrons. The third kappa shape index (κ3) is 3.77. The summed E-state index contributed by atoms with van der Waals surface area (Å²) >= 11 is 0. The first kappa shape index (κ1) is 18.6. The van der Waals surface area contributed by atoms with Crippen LogP contribution in [0.15, 0.2) is 54.7 Å². The fourth-order valence-electron chi connectivity index (χ4n) is 4.06. The average molecular weight is 386 g/mol. The molecule has 1 aliphatic heterocycles. The molecule has 3 aromatic rings. The quantitative estimate of drug-likeness (QED) is 0.653. The van der Waals surface area contributed by atoms with E-state index in [4.69, 9.17) is 0 Å². The Bertz CT molecular complexity index is 979. The van der Waals surface area contributed by atoms with Crippen molar-refractivity contribution >= 4 is 16.6 Å². The predicted octanol–water partition coefficient (Wildman–Crippen LogP) is 5.42. The van der Waals surface area contributed by atoms with E-state index in [2.05, 4.69) is 9.88 Å². The fourth-order valence-corrected chi connectivity index (χ4v) is 4.06. The Morgan fingerprint density at radius 1 is 1.04 bits per heavy atom. The fraction of sp³-hybridized carbons (Fsp3) is 0.318. The molecule has 3 nitrogen and oxygen atoms in total. The summed E-state index contributed by atoms with van der Waals surface area (Å²) in [5.41, 5.74) is 1.69. The lowest BCUT2D eigenvalue weighted by Gasteiger charge is -2.34. The van der Waals surface area contributed by atoms with E-state index in [1.54, 1.807) is 36.5 Å². The molecular formula is C22H21F3N2O. The highest BCUT2D eigenvalue weighted by atomic mass is 19.4. The van der Waals surface area contributed by atoms with Crippen LogP contribution in [0.3, 0.4) is 0 Å². The van der Waals surface area contributed by atoms with E-state index in [0.717, 1.165) is 42.5 Å². The standard InChI is InChI=1S/C22H21F3N2O/c23-22(24,25)19-4-2-1-3-16(19)13-15-8-11-27(12-9-15)21-7-10-26-20-6-5-17(28)14-18(20)21/h1-7,10,14-15,28H,8-9,11-13H2. The van der Waals surface area contributed by atoms with Crippen molar-refractivity contribution in [3.63, 3.8) is 0 Å².